The normalized spacial score (nSPS) is 12.6. The number of rotatable bonds is 6. The Labute approximate surface area is 125 Å². The average Bonchev–Trinajstić information content (AvgIpc) is 2.37. The van der Waals surface area contributed by atoms with Gasteiger partial charge in [-0.25, -0.2) is 0 Å². The average molecular weight is 293 g/mol. The van der Waals surface area contributed by atoms with Crippen LogP contribution in [0.15, 0.2) is 24.3 Å². The van der Waals surface area contributed by atoms with E-state index < -0.39 is 17.6 Å². The lowest BCUT2D eigenvalue weighted by atomic mass is 10.0. The largest absolute Gasteiger partial charge is 0.494 e. The van der Waals surface area contributed by atoms with Crippen LogP contribution in [0.2, 0.25) is 0 Å². The highest BCUT2D eigenvalue weighted by Gasteiger charge is 2.24. The third-order valence-electron chi connectivity index (χ3n) is 2.60. The standard InChI is InChI=1S/C16H23NO4/c1-5-20-12-8-6-11(7-9-12)14(18)10-13(17)15(19)21-16(2,3)4/h6-9,13H,5,10,17H2,1-4H3. The molecule has 5 heteroatoms. The predicted molar refractivity (Wildman–Crippen MR) is 80.4 cm³/mol. The van der Waals surface area contributed by atoms with E-state index in [0.717, 1.165) is 0 Å². The molecule has 0 aliphatic heterocycles. The number of nitrogens with two attached hydrogens (primary N) is 1. The van der Waals surface area contributed by atoms with E-state index in [2.05, 4.69) is 0 Å². The van der Waals surface area contributed by atoms with Crippen molar-refractivity contribution in [2.75, 3.05) is 6.61 Å². The molecule has 1 unspecified atom stereocenters. The number of carbonyl (C=O) groups is 2. The second kappa shape index (κ2) is 7.22. The van der Waals surface area contributed by atoms with Crippen molar-refractivity contribution < 1.29 is 19.1 Å². The molecule has 2 N–H and O–H groups in total. The van der Waals surface area contributed by atoms with Gasteiger partial charge in [-0.15, -0.1) is 0 Å². The van der Waals surface area contributed by atoms with Crippen LogP contribution >= 0.6 is 0 Å². The molecular formula is C16H23NO4. The number of ether oxygens (including phenoxy) is 2. The first kappa shape index (κ1) is 17.2. The molecule has 1 aromatic rings. The molecule has 0 aliphatic rings. The van der Waals surface area contributed by atoms with E-state index in [4.69, 9.17) is 15.2 Å². The summed E-state index contributed by atoms with van der Waals surface area (Å²) in [5.74, 6) is -0.0660. The summed E-state index contributed by atoms with van der Waals surface area (Å²) >= 11 is 0. The number of carbonyl (C=O) groups excluding carboxylic acids is 2. The van der Waals surface area contributed by atoms with Crippen molar-refractivity contribution in [3.63, 3.8) is 0 Å². The maximum absolute atomic E-state index is 12.1. The van der Waals surface area contributed by atoms with Crippen molar-refractivity contribution >= 4 is 11.8 Å². The summed E-state index contributed by atoms with van der Waals surface area (Å²) in [6.07, 6.45) is -0.0805. The Bertz CT molecular complexity index is 488. The van der Waals surface area contributed by atoms with Crippen LogP contribution in [0.25, 0.3) is 0 Å². The molecule has 0 spiro atoms. The first-order chi connectivity index (χ1) is 9.73. The summed E-state index contributed by atoms with van der Waals surface area (Å²) in [4.78, 5) is 23.8. The zero-order valence-corrected chi connectivity index (χ0v) is 13.0. The van der Waals surface area contributed by atoms with Gasteiger partial charge in [-0.3, -0.25) is 9.59 Å². The molecule has 0 amide bonds. The molecule has 1 aromatic carbocycles. The Balaban J connectivity index is 2.61. The van der Waals surface area contributed by atoms with Crippen molar-refractivity contribution in [2.24, 2.45) is 5.73 Å². The van der Waals surface area contributed by atoms with E-state index in [9.17, 15) is 9.59 Å². The molecule has 5 nitrogen and oxygen atoms in total. The van der Waals surface area contributed by atoms with Gasteiger partial charge in [0.1, 0.15) is 17.4 Å². The monoisotopic (exact) mass is 293 g/mol. The van der Waals surface area contributed by atoms with Crippen molar-refractivity contribution in [1.29, 1.82) is 0 Å². The van der Waals surface area contributed by atoms with Gasteiger partial charge in [0.25, 0.3) is 0 Å². The van der Waals surface area contributed by atoms with Gasteiger partial charge < -0.3 is 15.2 Å². The predicted octanol–water partition coefficient (Wildman–Crippen LogP) is 2.33. The Kier molecular flexibility index (Phi) is 5.90. The quantitative estimate of drug-likeness (QED) is 0.643. The smallest absolute Gasteiger partial charge is 0.323 e. The molecule has 0 radical (unpaired) electrons. The van der Waals surface area contributed by atoms with Crippen molar-refractivity contribution in [3.05, 3.63) is 29.8 Å². The second-order valence-electron chi connectivity index (χ2n) is 5.72. The first-order valence-corrected chi connectivity index (χ1v) is 6.97. The number of hydrogen-bond acceptors (Lipinski definition) is 5. The van der Waals surface area contributed by atoms with Crippen LogP contribution in [0.3, 0.4) is 0 Å². The van der Waals surface area contributed by atoms with E-state index in [1.807, 2.05) is 6.92 Å². The minimum Gasteiger partial charge on any atom is -0.494 e. The highest BCUT2D eigenvalue weighted by atomic mass is 16.6. The molecular weight excluding hydrogens is 270 g/mol. The lowest BCUT2D eigenvalue weighted by Crippen LogP contribution is -2.38. The van der Waals surface area contributed by atoms with Crippen LogP contribution in [0.5, 0.6) is 5.75 Å². The maximum Gasteiger partial charge on any atom is 0.323 e. The Morgan fingerprint density at radius 2 is 1.76 bits per heavy atom. The second-order valence-corrected chi connectivity index (χ2v) is 5.72. The number of ketones is 1. The summed E-state index contributed by atoms with van der Waals surface area (Å²) in [6, 6.07) is 5.80. The Morgan fingerprint density at radius 1 is 1.19 bits per heavy atom. The Morgan fingerprint density at radius 3 is 2.24 bits per heavy atom. The molecule has 0 aromatic heterocycles. The van der Waals surface area contributed by atoms with Gasteiger partial charge >= 0.3 is 5.97 Å². The van der Waals surface area contributed by atoms with Crippen LogP contribution < -0.4 is 10.5 Å². The summed E-state index contributed by atoms with van der Waals surface area (Å²) < 4.78 is 10.5. The maximum atomic E-state index is 12.1. The summed E-state index contributed by atoms with van der Waals surface area (Å²) in [5, 5.41) is 0. The van der Waals surface area contributed by atoms with Gasteiger partial charge in [-0.2, -0.15) is 0 Å². The third-order valence-corrected chi connectivity index (χ3v) is 2.60. The number of Topliss-reactive ketones (excluding diaryl/α,β-unsaturated/α-hetero) is 1. The fourth-order valence-electron chi connectivity index (χ4n) is 1.68. The van der Waals surface area contributed by atoms with E-state index in [-0.39, 0.29) is 12.2 Å². The van der Waals surface area contributed by atoms with Gasteiger partial charge in [0, 0.05) is 12.0 Å². The van der Waals surface area contributed by atoms with E-state index in [1.54, 1.807) is 45.0 Å². The van der Waals surface area contributed by atoms with Gasteiger partial charge in [-0.1, -0.05) is 0 Å². The molecule has 21 heavy (non-hydrogen) atoms. The fourth-order valence-corrected chi connectivity index (χ4v) is 1.68. The molecule has 116 valence electrons. The number of benzene rings is 1. The van der Waals surface area contributed by atoms with Gasteiger partial charge in [0.15, 0.2) is 5.78 Å². The highest BCUT2D eigenvalue weighted by molar-refractivity contribution is 5.98. The van der Waals surface area contributed by atoms with Crippen LogP contribution in [0, 0.1) is 0 Å². The van der Waals surface area contributed by atoms with Crippen LogP contribution in [-0.4, -0.2) is 30.0 Å². The molecule has 1 rings (SSSR count). The van der Waals surface area contributed by atoms with E-state index >= 15 is 0 Å². The zero-order chi connectivity index (χ0) is 16.0. The molecule has 1 atom stereocenters. The first-order valence-electron chi connectivity index (χ1n) is 6.97. The highest BCUT2D eigenvalue weighted by Crippen LogP contribution is 2.15. The van der Waals surface area contributed by atoms with Crippen molar-refractivity contribution in [2.45, 2.75) is 45.8 Å². The summed E-state index contributed by atoms with van der Waals surface area (Å²) in [7, 11) is 0. The van der Waals surface area contributed by atoms with Crippen LogP contribution in [0.4, 0.5) is 0 Å². The van der Waals surface area contributed by atoms with Crippen molar-refractivity contribution in [1.82, 2.24) is 0 Å². The fraction of sp³-hybridized carbons (Fsp3) is 0.500. The van der Waals surface area contributed by atoms with Crippen LogP contribution in [0.1, 0.15) is 44.5 Å². The van der Waals surface area contributed by atoms with Gasteiger partial charge in [0.2, 0.25) is 0 Å². The molecule has 0 heterocycles. The SMILES string of the molecule is CCOc1ccc(C(=O)CC(N)C(=O)OC(C)(C)C)cc1. The molecule has 0 saturated carbocycles. The summed E-state index contributed by atoms with van der Waals surface area (Å²) in [5.41, 5.74) is 5.60. The topological polar surface area (TPSA) is 78.6 Å². The Hall–Kier alpha value is -1.88. The minimum atomic E-state index is -0.955. The minimum absolute atomic E-state index is 0.0805. The lowest BCUT2D eigenvalue weighted by molar-refractivity contribution is -0.156. The molecule has 0 bridgehead atoms. The zero-order valence-electron chi connectivity index (χ0n) is 13.0. The van der Waals surface area contributed by atoms with Crippen molar-refractivity contribution in [3.8, 4) is 5.75 Å². The lowest BCUT2D eigenvalue weighted by Gasteiger charge is -2.21. The number of esters is 1. The van der Waals surface area contributed by atoms with Crippen LogP contribution in [-0.2, 0) is 9.53 Å². The van der Waals surface area contributed by atoms with Gasteiger partial charge in [0.05, 0.1) is 6.61 Å². The van der Waals surface area contributed by atoms with E-state index in [1.165, 1.54) is 0 Å². The molecule has 0 saturated heterocycles. The van der Waals surface area contributed by atoms with Gasteiger partial charge in [-0.05, 0) is 52.0 Å². The summed E-state index contributed by atoms with van der Waals surface area (Å²) in [6.45, 7) is 7.72. The van der Waals surface area contributed by atoms with E-state index in [0.29, 0.717) is 17.9 Å². The number of hydrogen-bond donors (Lipinski definition) is 1. The third kappa shape index (κ3) is 5.95. The molecule has 0 fully saturated rings. The molecule has 0 aliphatic carbocycles.